The van der Waals surface area contributed by atoms with Crippen molar-refractivity contribution in [2.45, 2.75) is 38.7 Å². The first-order chi connectivity index (χ1) is 6.57. The average Bonchev–Trinajstić information content (AvgIpc) is 2.46. The summed E-state index contributed by atoms with van der Waals surface area (Å²) < 4.78 is 0. The highest BCUT2D eigenvalue weighted by molar-refractivity contribution is 6.29. The summed E-state index contributed by atoms with van der Waals surface area (Å²) in [5.74, 6) is 0. The Morgan fingerprint density at radius 2 is 2.36 bits per heavy atom. The van der Waals surface area contributed by atoms with E-state index in [1.807, 2.05) is 19.9 Å². The Hall–Kier alpha value is -0.600. The van der Waals surface area contributed by atoms with Crippen LogP contribution in [0.2, 0.25) is 5.15 Å². The maximum Gasteiger partial charge on any atom is 0.129 e. The number of halogens is 1. The van der Waals surface area contributed by atoms with Crippen molar-refractivity contribution >= 4 is 11.6 Å². The molecule has 0 amide bonds. The third-order valence-electron chi connectivity index (χ3n) is 3.13. The van der Waals surface area contributed by atoms with E-state index in [2.05, 4.69) is 4.98 Å². The second-order valence-electron chi connectivity index (χ2n) is 3.97. The summed E-state index contributed by atoms with van der Waals surface area (Å²) in [7, 11) is 0. The van der Waals surface area contributed by atoms with Crippen LogP contribution in [0.3, 0.4) is 0 Å². The lowest BCUT2D eigenvalue weighted by Gasteiger charge is -2.20. The van der Waals surface area contributed by atoms with E-state index in [0.29, 0.717) is 11.6 Å². The van der Waals surface area contributed by atoms with Crippen LogP contribution in [-0.2, 0) is 12.0 Å². The van der Waals surface area contributed by atoms with E-state index >= 15 is 0 Å². The highest BCUT2D eigenvalue weighted by atomic mass is 35.5. The van der Waals surface area contributed by atoms with Gasteiger partial charge in [0.15, 0.2) is 0 Å². The summed E-state index contributed by atoms with van der Waals surface area (Å²) in [4.78, 5) is 4.25. The smallest absolute Gasteiger partial charge is 0.129 e. The minimum absolute atomic E-state index is 0.482. The molecule has 0 saturated carbocycles. The van der Waals surface area contributed by atoms with Gasteiger partial charge in [-0.2, -0.15) is 0 Å². The van der Waals surface area contributed by atoms with Crippen LogP contribution in [0.25, 0.3) is 0 Å². The van der Waals surface area contributed by atoms with Crippen molar-refractivity contribution in [1.29, 1.82) is 0 Å². The van der Waals surface area contributed by atoms with Crippen LogP contribution in [0.15, 0.2) is 6.07 Å². The first-order valence-electron chi connectivity index (χ1n) is 4.95. The van der Waals surface area contributed by atoms with Gasteiger partial charge in [0.2, 0.25) is 0 Å². The normalized spacial score (nSPS) is 25.1. The fraction of sp³-hybridized carbons (Fsp3) is 0.545. The molecule has 1 atom stereocenters. The van der Waals surface area contributed by atoms with Crippen molar-refractivity contribution in [2.75, 3.05) is 0 Å². The second kappa shape index (κ2) is 3.21. The lowest BCUT2D eigenvalue weighted by atomic mass is 9.97. The molecule has 1 aliphatic carbocycles. The fourth-order valence-electron chi connectivity index (χ4n) is 2.15. The van der Waals surface area contributed by atoms with Gasteiger partial charge in [-0.1, -0.05) is 18.5 Å². The third kappa shape index (κ3) is 1.33. The minimum Gasteiger partial charge on any atom is -0.384 e. The first kappa shape index (κ1) is 9.94. The van der Waals surface area contributed by atoms with E-state index in [1.165, 1.54) is 5.56 Å². The minimum atomic E-state index is -0.745. The molecule has 14 heavy (non-hydrogen) atoms. The van der Waals surface area contributed by atoms with Gasteiger partial charge in [0, 0.05) is 0 Å². The molecule has 1 aromatic rings. The van der Waals surface area contributed by atoms with Crippen molar-refractivity contribution in [3.8, 4) is 0 Å². The van der Waals surface area contributed by atoms with Gasteiger partial charge in [-0.25, -0.2) is 4.98 Å². The summed E-state index contributed by atoms with van der Waals surface area (Å²) in [5, 5.41) is 10.8. The van der Waals surface area contributed by atoms with Gasteiger partial charge in [-0.05, 0) is 43.4 Å². The highest BCUT2D eigenvalue weighted by Gasteiger charge is 2.37. The van der Waals surface area contributed by atoms with Crippen LogP contribution in [0.4, 0.5) is 0 Å². The zero-order valence-electron chi connectivity index (χ0n) is 8.47. The molecule has 1 aromatic heterocycles. The fourth-order valence-corrected chi connectivity index (χ4v) is 2.40. The molecule has 2 rings (SSSR count). The lowest BCUT2D eigenvalue weighted by molar-refractivity contribution is 0.0306. The molecule has 3 heteroatoms. The molecule has 1 N–H and O–H groups in total. The molecule has 1 unspecified atom stereocenters. The van der Waals surface area contributed by atoms with Crippen LogP contribution in [0.1, 0.15) is 36.6 Å². The molecule has 0 radical (unpaired) electrons. The van der Waals surface area contributed by atoms with Crippen LogP contribution >= 0.6 is 11.6 Å². The maximum atomic E-state index is 10.3. The Labute approximate surface area is 88.9 Å². The Bertz CT molecular complexity index is 378. The van der Waals surface area contributed by atoms with Crippen molar-refractivity contribution in [3.63, 3.8) is 0 Å². The number of aliphatic hydroxyl groups is 1. The Morgan fingerprint density at radius 3 is 3.00 bits per heavy atom. The van der Waals surface area contributed by atoms with Gasteiger partial charge >= 0.3 is 0 Å². The number of nitrogens with zero attached hydrogens (tertiary/aromatic N) is 1. The molecule has 0 bridgehead atoms. The van der Waals surface area contributed by atoms with E-state index in [1.54, 1.807) is 0 Å². The average molecular weight is 212 g/mol. The summed E-state index contributed by atoms with van der Waals surface area (Å²) in [5.41, 5.74) is 2.37. The van der Waals surface area contributed by atoms with E-state index < -0.39 is 5.60 Å². The van der Waals surface area contributed by atoms with Crippen LogP contribution < -0.4 is 0 Å². The standard InChI is InChI=1S/C11H14ClNO/c1-3-11(14)5-4-8-7(2)6-9(12)13-10(8)11/h6,14H,3-5H2,1-2H3. The molecule has 2 nitrogen and oxygen atoms in total. The number of fused-ring (bicyclic) bond motifs is 1. The molecule has 0 saturated heterocycles. The highest BCUT2D eigenvalue weighted by Crippen LogP contribution is 2.39. The Kier molecular flexibility index (Phi) is 2.28. The second-order valence-corrected chi connectivity index (χ2v) is 4.36. The predicted octanol–water partition coefficient (Wildman–Crippen LogP) is 2.59. The third-order valence-corrected chi connectivity index (χ3v) is 3.32. The van der Waals surface area contributed by atoms with Gasteiger partial charge in [-0.15, -0.1) is 0 Å². The van der Waals surface area contributed by atoms with Crippen molar-refractivity contribution in [3.05, 3.63) is 28.0 Å². The summed E-state index contributed by atoms with van der Waals surface area (Å²) in [6.45, 7) is 4.00. The predicted molar refractivity (Wildman–Crippen MR) is 56.5 cm³/mol. The number of aromatic nitrogens is 1. The molecule has 0 aliphatic heterocycles. The van der Waals surface area contributed by atoms with E-state index in [4.69, 9.17) is 11.6 Å². The number of hydrogen-bond acceptors (Lipinski definition) is 2. The SMILES string of the molecule is CCC1(O)CCc2c(C)cc(Cl)nc21. The zero-order chi connectivity index (χ0) is 10.3. The molecule has 0 spiro atoms. The zero-order valence-corrected chi connectivity index (χ0v) is 9.23. The molecule has 0 aromatic carbocycles. The summed E-state index contributed by atoms with van der Waals surface area (Å²) in [6, 6.07) is 1.86. The molecule has 0 fully saturated rings. The van der Waals surface area contributed by atoms with Crippen molar-refractivity contribution in [2.24, 2.45) is 0 Å². The number of aryl methyl sites for hydroxylation is 1. The topological polar surface area (TPSA) is 33.1 Å². The molecular formula is C11H14ClNO. The maximum absolute atomic E-state index is 10.3. The van der Waals surface area contributed by atoms with Crippen LogP contribution in [0.5, 0.6) is 0 Å². The Balaban J connectivity index is 2.60. The molecule has 1 heterocycles. The quantitative estimate of drug-likeness (QED) is 0.725. The monoisotopic (exact) mass is 211 g/mol. The van der Waals surface area contributed by atoms with Gasteiger partial charge in [0.05, 0.1) is 5.69 Å². The van der Waals surface area contributed by atoms with Crippen LogP contribution in [0, 0.1) is 6.92 Å². The Morgan fingerprint density at radius 1 is 1.64 bits per heavy atom. The largest absolute Gasteiger partial charge is 0.384 e. The molecule has 1 aliphatic rings. The number of rotatable bonds is 1. The number of hydrogen-bond donors (Lipinski definition) is 1. The first-order valence-corrected chi connectivity index (χ1v) is 5.33. The van der Waals surface area contributed by atoms with Gasteiger partial charge in [0.25, 0.3) is 0 Å². The lowest BCUT2D eigenvalue weighted by Crippen LogP contribution is -2.22. The van der Waals surface area contributed by atoms with Gasteiger partial charge < -0.3 is 5.11 Å². The molecular weight excluding hydrogens is 198 g/mol. The van der Waals surface area contributed by atoms with E-state index in [0.717, 1.165) is 24.1 Å². The summed E-state index contributed by atoms with van der Waals surface area (Å²) in [6.07, 6.45) is 2.38. The molecule has 76 valence electrons. The summed E-state index contributed by atoms with van der Waals surface area (Å²) >= 11 is 5.89. The van der Waals surface area contributed by atoms with E-state index in [-0.39, 0.29) is 0 Å². The van der Waals surface area contributed by atoms with E-state index in [9.17, 15) is 5.11 Å². The van der Waals surface area contributed by atoms with Gasteiger partial charge in [0.1, 0.15) is 10.8 Å². The van der Waals surface area contributed by atoms with Gasteiger partial charge in [-0.3, -0.25) is 0 Å². The van der Waals surface area contributed by atoms with Crippen molar-refractivity contribution < 1.29 is 5.11 Å². The van der Waals surface area contributed by atoms with Crippen LogP contribution in [-0.4, -0.2) is 10.1 Å². The number of pyridine rings is 1. The van der Waals surface area contributed by atoms with Crippen molar-refractivity contribution in [1.82, 2.24) is 4.98 Å².